The summed E-state index contributed by atoms with van der Waals surface area (Å²) in [6.45, 7) is 2.01. The normalized spacial score (nSPS) is 10.9. The number of fused-ring (bicyclic) bond motifs is 1. The number of aromatic nitrogens is 3. The summed E-state index contributed by atoms with van der Waals surface area (Å²) < 4.78 is 4.12. The maximum absolute atomic E-state index is 4.44. The standard InChI is InChI=1S/C9H12N3/c1-7-10-9-8(12(7)3)5-4-6-11(9)2/h4-6H,1-3H3/q+1. The van der Waals surface area contributed by atoms with Crippen LogP contribution in [0.15, 0.2) is 18.3 Å². The summed E-state index contributed by atoms with van der Waals surface area (Å²) in [5.41, 5.74) is 2.22. The molecule has 2 rings (SSSR count). The Morgan fingerprint density at radius 1 is 1.50 bits per heavy atom. The molecule has 2 aromatic rings. The molecule has 0 saturated heterocycles. The summed E-state index contributed by atoms with van der Waals surface area (Å²) in [6, 6.07) is 4.11. The first-order chi connectivity index (χ1) is 5.70. The van der Waals surface area contributed by atoms with Crippen molar-refractivity contribution in [2.75, 3.05) is 0 Å². The van der Waals surface area contributed by atoms with Gasteiger partial charge in [-0.1, -0.05) is 0 Å². The molecule has 3 heteroatoms. The van der Waals surface area contributed by atoms with Crippen molar-refractivity contribution >= 4 is 11.2 Å². The zero-order valence-electron chi connectivity index (χ0n) is 7.57. The fourth-order valence-corrected chi connectivity index (χ4v) is 1.39. The molecule has 0 saturated carbocycles. The summed E-state index contributed by atoms with van der Waals surface area (Å²) in [7, 11) is 4.04. The summed E-state index contributed by atoms with van der Waals surface area (Å²) in [6.07, 6.45) is 2.01. The van der Waals surface area contributed by atoms with Gasteiger partial charge in [-0.25, -0.2) is 4.57 Å². The second-order valence-corrected chi connectivity index (χ2v) is 3.05. The quantitative estimate of drug-likeness (QED) is 0.523. The Balaban J connectivity index is 2.95. The van der Waals surface area contributed by atoms with Crippen LogP contribution in [0.5, 0.6) is 0 Å². The number of hydrogen-bond donors (Lipinski definition) is 0. The second kappa shape index (κ2) is 2.30. The van der Waals surface area contributed by atoms with Crippen molar-refractivity contribution in [3.63, 3.8) is 0 Å². The number of imidazole rings is 1. The third kappa shape index (κ3) is 0.826. The Morgan fingerprint density at radius 2 is 2.25 bits per heavy atom. The highest BCUT2D eigenvalue weighted by Crippen LogP contribution is 2.08. The molecule has 0 aromatic carbocycles. The first kappa shape index (κ1) is 7.28. The maximum atomic E-state index is 4.44. The van der Waals surface area contributed by atoms with Crippen molar-refractivity contribution in [3.8, 4) is 0 Å². The first-order valence-corrected chi connectivity index (χ1v) is 3.98. The minimum atomic E-state index is 1.04. The molecule has 2 aromatic heterocycles. The van der Waals surface area contributed by atoms with Crippen molar-refractivity contribution in [2.24, 2.45) is 14.1 Å². The van der Waals surface area contributed by atoms with E-state index in [4.69, 9.17) is 0 Å². The number of nitrogens with zero attached hydrogens (tertiary/aromatic N) is 3. The molecule has 0 aliphatic rings. The number of pyridine rings is 1. The van der Waals surface area contributed by atoms with Gasteiger partial charge in [0.1, 0.15) is 5.52 Å². The fraction of sp³-hybridized carbons (Fsp3) is 0.333. The van der Waals surface area contributed by atoms with E-state index in [9.17, 15) is 0 Å². The van der Waals surface area contributed by atoms with Crippen LogP contribution < -0.4 is 4.57 Å². The van der Waals surface area contributed by atoms with Crippen LogP contribution in [0.3, 0.4) is 0 Å². The van der Waals surface area contributed by atoms with Crippen molar-refractivity contribution in [1.82, 2.24) is 9.55 Å². The molecule has 0 radical (unpaired) electrons. The van der Waals surface area contributed by atoms with Gasteiger partial charge in [0.15, 0.2) is 0 Å². The molecule has 0 bridgehead atoms. The van der Waals surface area contributed by atoms with E-state index in [1.165, 1.54) is 5.52 Å². The van der Waals surface area contributed by atoms with Gasteiger partial charge < -0.3 is 4.57 Å². The molecule has 12 heavy (non-hydrogen) atoms. The Morgan fingerprint density at radius 3 is 2.92 bits per heavy atom. The Labute approximate surface area is 71.3 Å². The van der Waals surface area contributed by atoms with Crippen LogP contribution in [-0.2, 0) is 14.1 Å². The summed E-state index contributed by atoms with van der Waals surface area (Å²) >= 11 is 0. The van der Waals surface area contributed by atoms with Gasteiger partial charge in [-0.2, -0.15) is 0 Å². The average Bonchev–Trinajstić information content (AvgIpc) is 2.32. The van der Waals surface area contributed by atoms with Crippen molar-refractivity contribution in [3.05, 3.63) is 24.2 Å². The van der Waals surface area contributed by atoms with E-state index >= 15 is 0 Å². The van der Waals surface area contributed by atoms with Crippen LogP contribution in [0.4, 0.5) is 0 Å². The van der Waals surface area contributed by atoms with Crippen LogP contribution in [0.25, 0.3) is 11.2 Å². The summed E-state index contributed by atoms with van der Waals surface area (Å²) in [5, 5.41) is 0. The highest BCUT2D eigenvalue weighted by Gasteiger charge is 2.13. The first-order valence-electron chi connectivity index (χ1n) is 3.98. The molecular formula is C9H12N3+. The van der Waals surface area contributed by atoms with Crippen LogP contribution in [0.2, 0.25) is 0 Å². The molecule has 2 heterocycles. The predicted octanol–water partition coefficient (Wildman–Crippen LogP) is 0.706. The van der Waals surface area contributed by atoms with Gasteiger partial charge in [-0.15, -0.1) is 0 Å². The largest absolute Gasteiger partial charge is 0.348 e. The average molecular weight is 162 g/mol. The smallest absolute Gasteiger partial charge is 0.305 e. The lowest BCUT2D eigenvalue weighted by Gasteiger charge is -1.92. The number of aryl methyl sites for hydroxylation is 3. The zero-order chi connectivity index (χ0) is 8.72. The van der Waals surface area contributed by atoms with Gasteiger partial charge in [0.05, 0.1) is 13.2 Å². The van der Waals surface area contributed by atoms with Gasteiger partial charge in [-0.05, 0) is 17.1 Å². The van der Waals surface area contributed by atoms with Crippen LogP contribution >= 0.6 is 0 Å². The Hall–Kier alpha value is -1.38. The molecule has 0 spiro atoms. The van der Waals surface area contributed by atoms with E-state index in [1.54, 1.807) is 0 Å². The lowest BCUT2D eigenvalue weighted by molar-refractivity contribution is -0.646. The lowest BCUT2D eigenvalue weighted by atomic mass is 10.4. The van der Waals surface area contributed by atoms with E-state index in [0.29, 0.717) is 0 Å². The molecule has 62 valence electrons. The fourth-order valence-electron chi connectivity index (χ4n) is 1.39. The molecule has 0 aliphatic heterocycles. The second-order valence-electron chi connectivity index (χ2n) is 3.05. The molecule has 0 amide bonds. The van der Waals surface area contributed by atoms with E-state index in [2.05, 4.69) is 15.6 Å². The van der Waals surface area contributed by atoms with Gasteiger partial charge >= 0.3 is 5.65 Å². The van der Waals surface area contributed by atoms with Crippen LogP contribution in [0.1, 0.15) is 5.82 Å². The predicted molar refractivity (Wildman–Crippen MR) is 46.6 cm³/mol. The Bertz CT molecular complexity index is 429. The maximum Gasteiger partial charge on any atom is 0.348 e. The SMILES string of the molecule is Cc1nc2c(ccc[n+]2C)n1C. The number of hydrogen-bond acceptors (Lipinski definition) is 1. The van der Waals surface area contributed by atoms with E-state index < -0.39 is 0 Å². The molecule has 0 aliphatic carbocycles. The van der Waals surface area contributed by atoms with Gasteiger partial charge in [0, 0.05) is 14.0 Å². The van der Waals surface area contributed by atoms with E-state index in [0.717, 1.165) is 11.5 Å². The van der Waals surface area contributed by atoms with Gasteiger partial charge in [-0.3, -0.25) is 0 Å². The minimum Gasteiger partial charge on any atom is -0.305 e. The van der Waals surface area contributed by atoms with Crippen LogP contribution in [-0.4, -0.2) is 9.55 Å². The van der Waals surface area contributed by atoms with E-state index in [-0.39, 0.29) is 0 Å². The highest BCUT2D eigenvalue weighted by atomic mass is 15.1. The Kier molecular flexibility index (Phi) is 1.40. The molecule has 0 atom stereocenters. The third-order valence-electron chi connectivity index (χ3n) is 2.24. The number of rotatable bonds is 0. The van der Waals surface area contributed by atoms with Crippen molar-refractivity contribution < 1.29 is 4.57 Å². The molecular weight excluding hydrogens is 150 g/mol. The van der Waals surface area contributed by atoms with E-state index in [1.807, 2.05) is 37.8 Å². The summed E-state index contributed by atoms with van der Waals surface area (Å²) in [4.78, 5) is 4.44. The third-order valence-corrected chi connectivity index (χ3v) is 2.24. The summed E-state index contributed by atoms with van der Waals surface area (Å²) in [5.74, 6) is 1.05. The minimum absolute atomic E-state index is 1.04. The molecule has 0 unspecified atom stereocenters. The zero-order valence-corrected chi connectivity index (χ0v) is 7.57. The molecule has 3 nitrogen and oxygen atoms in total. The molecule has 0 fully saturated rings. The van der Waals surface area contributed by atoms with Crippen molar-refractivity contribution in [2.45, 2.75) is 6.92 Å². The van der Waals surface area contributed by atoms with Crippen LogP contribution in [0, 0.1) is 6.92 Å². The van der Waals surface area contributed by atoms with Crippen molar-refractivity contribution in [1.29, 1.82) is 0 Å². The lowest BCUT2D eigenvalue weighted by Crippen LogP contribution is -2.28. The topological polar surface area (TPSA) is 21.7 Å². The highest BCUT2D eigenvalue weighted by molar-refractivity contribution is 5.67. The molecule has 0 N–H and O–H groups in total. The monoisotopic (exact) mass is 162 g/mol. The van der Waals surface area contributed by atoms with Gasteiger partial charge in [0.25, 0.3) is 0 Å². The van der Waals surface area contributed by atoms with Gasteiger partial charge in [0.2, 0.25) is 5.82 Å².